The summed E-state index contributed by atoms with van der Waals surface area (Å²) in [5.74, 6) is -0.895. The quantitative estimate of drug-likeness (QED) is 0.727. The average molecular weight is 290 g/mol. The number of aliphatic hydroxyl groups is 1. The van der Waals surface area contributed by atoms with E-state index in [9.17, 15) is 17.9 Å². The summed E-state index contributed by atoms with van der Waals surface area (Å²) in [4.78, 5) is -0.537. The maximum absolute atomic E-state index is 13.6. The zero-order valence-corrected chi connectivity index (χ0v) is 12.2. The van der Waals surface area contributed by atoms with E-state index in [4.69, 9.17) is 5.73 Å². The first kappa shape index (κ1) is 15.9. The van der Waals surface area contributed by atoms with Crippen molar-refractivity contribution in [1.82, 2.24) is 4.72 Å². The molecule has 0 aromatic heterocycles. The Morgan fingerprint density at radius 2 is 1.79 bits per heavy atom. The van der Waals surface area contributed by atoms with Crippen LogP contribution in [-0.4, -0.2) is 24.7 Å². The molecule has 0 fully saturated rings. The van der Waals surface area contributed by atoms with Crippen molar-refractivity contribution in [2.45, 2.75) is 43.7 Å². The molecule has 0 radical (unpaired) electrons. The van der Waals surface area contributed by atoms with Gasteiger partial charge >= 0.3 is 0 Å². The van der Waals surface area contributed by atoms with Crippen LogP contribution in [0.4, 0.5) is 10.1 Å². The Labute approximate surface area is 112 Å². The zero-order chi connectivity index (χ0) is 15.1. The molecule has 0 aliphatic rings. The Balaban J connectivity index is 3.23. The van der Waals surface area contributed by atoms with E-state index in [-0.39, 0.29) is 5.69 Å². The third kappa shape index (κ3) is 3.43. The highest BCUT2D eigenvalue weighted by Crippen LogP contribution is 2.25. The minimum Gasteiger partial charge on any atom is -0.399 e. The van der Waals surface area contributed by atoms with Crippen molar-refractivity contribution in [2.24, 2.45) is 0 Å². The van der Waals surface area contributed by atoms with Crippen molar-refractivity contribution in [1.29, 1.82) is 0 Å². The van der Waals surface area contributed by atoms with Gasteiger partial charge in [0.1, 0.15) is 10.7 Å². The standard InChI is InChI=1S/C12H19FN2O3S/c1-11(2,12(3,4)16)15-19(17,18)10-7-8(14)5-6-9(10)13/h5-7,15-16H,14H2,1-4H3. The Morgan fingerprint density at radius 1 is 1.26 bits per heavy atom. The Kier molecular flexibility index (Phi) is 3.96. The molecule has 4 N–H and O–H groups in total. The van der Waals surface area contributed by atoms with E-state index in [1.54, 1.807) is 0 Å². The number of anilines is 1. The maximum atomic E-state index is 13.6. The fourth-order valence-corrected chi connectivity index (χ4v) is 2.89. The number of nitrogens with one attached hydrogen (secondary N) is 1. The van der Waals surface area contributed by atoms with Gasteiger partial charge in [-0.25, -0.2) is 17.5 Å². The molecule has 0 amide bonds. The SMILES string of the molecule is CC(C)(O)C(C)(C)NS(=O)(=O)c1cc(N)ccc1F. The van der Waals surface area contributed by atoms with Gasteiger partial charge in [0.05, 0.1) is 11.1 Å². The first-order valence-electron chi connectivity index (χ1n) is 5.68. The van der Waals surface area contributed by atoms with Crippen LogP contribution in [0.25, 0.3) is 0 Å². The van der Waals surface area contributed by atoms with Crippen LogP contribution >= 0.6 is 0 Å². The van der Waals surface area contributed by atoms with Crippen LogP contribution in [-0.2, 0) is 10.0 Å². The van der Waals surface area contributed by atoms with Gasteiger partial charge in [-0.2, -0.15) is 0 Å². The molecule has 0 saturated heterocycles. The topological polar surface area (TPSA) is 92.4 Å². The molecule has 1 rings (SSSR count). The van der Waals surface area contributed by atoms with Gasteiger partial charge in [-0.15, -0.1) is 0 Å². The molecule has 108 valence electrons. The largest absolute Gasteiger partial charge is 0.399 e. The van der Waals surface area contributed by atoms with Crippen LogP contribution in [0, 0.1) is 5.82 Å². The van der Waals surface area contributed by atoms with Gasteiger partial charge in [-0.1, -0.05) is 0 Å². The van der Waals surface area contributed by atoms with E-state index in [0.717, 1.165) is 12.1 Å². The lowest BCUT2D eigenvalue weighted by Crippen LogP contribution is -2.57. The normalized spacial score (nSPS) is 13.6. The number of rotatable bonds is 4. The molecule has 1 aromatic carbocycles. The second kappa shape index (κ2) is 4.73. The third-order valence-electron chi connectivity index (χ3n) is 3.16. The van der Waals surface area contributed by atoms with Gasteiger partial charge in [-0.05, 0) is 45.9 Å². The molecular weight excluding hydrogens is 271 g/mol. The lowest BCUT2D eigenvalue weighted by atomic mass is 9.87. The lowest BCUT2D eigenvalue weighted by molar-refractivity contribution is 0.00636. The Morgan fingerprint density at radius 3 is 2.26 bits per heavy atom. The van der Waals surface area contributed by atoms with Crippen molar-refractivity contribution in [3.05, 3.63) is 24.0 Å². The van der Waals surface area contributed by atoms with E-state index < -0.39 is 31.9 Å². The van der Waals surface area contributed by atoms with Crippen molar-refractivity contribution in [3.63, 3.8) is 0 Å². The van der Waals surface area contributed by atoms with Crippen LogP contribution in [0.5, 0.6) is 0 Å². The third-order valence-corrected chi connectivity index (χ3v) is 4.83. The van der Waals surface area contributed by atoms with E-state index in [0.29, 0.717) is 0 Å². The summed E-state index contributed by atoms with van der Waals surface area (Å²) < 4.78 is 40.2. The summed E-state index contributed by atoms with van der Waals surface area (Å²) in [6.07, 6.45) is 0. The minimum atomic E-state index is -4.12. The molecule has 0 atom stereocenters. The summed E-state index contributed by atoms with van der Waals surface area (Å²) in [7, 11) is -4.12. The number of nitrogens with two attached hydrogens (primary N) is 1. The van der Waals surface area contributed by atoms with E-state index in [1.165, 1.54) is 33.8 Å². The molecule has 0 spiro atoms. The van der Waals surface area contributed by atoms with Gasteiger partial charge in [0.25, 0.3) is 0 Å². The number of nitrogen functional groups attached to an aromatic ring is 1. The van der Waals surface area contributed by atoms with E-state index in [2.05, 4.69) is 4.72 Å². The molecule has 0 bridgehead atoms. The molecule has 0 heterocycles. The first-order valence-corrected chi connectivity index (χ1v) is 7.16. The highest BCUT2D eigenvalue weighted by atomic mass is 32.2. The van der Waals surface area contributed by atoms with Gasteiger partial charge < -0.3 is 10.8 Å². The molecule has 7 heteroatoms. The summed E-state index contributed by atoms with van der Waals surface area (Å²) >= 11 is 0. The van der Waals surface area contributed by atoms with Gasteiger partial charge in [0.2, 0.25) is 10.0 Å². The predicted molar refractivity (Wildman–Crippen MR) is 71.5 cm³/mol. The van der Waals surface area contributed by atoms with Crippen LogP contribution < -0.4 is 10.5 Å². The molecule has 19 heavy (non-hydrogen) atoms. The molecular formula is C12H19FN2O3S. The fraction of sp³-hybridized carbons (Fsp3) is 0.500. The number of hydrogen-bond acceptors (Lipinski definition) is 4. The minimum absolute atomic E-state index is 0.142. The highest BCUT2D eigenvalue weighted by Gasteiger charge is 2.39. The first-order chi connectivity index (χ1) is 8.37. The summed E-state index contributed by atoms with van der Waals surface area (Å²) in [5.41, 5.74) is 3.11. The molecule has 0 unspecified atom stereocenters. The smallest absolute Gasteiger partial charge is 0.244 e. The monoisotopic (exact) mass is 290 g/mol. The average Bonchev–Trinajstić information content (AvgIpc) is 2.18. The van der Waals surface area contributed by atoms with Crippen molar-refractivity contribution >= 4 is 15.7 Å². The van der Waals surface area contributed by atoms with Gasteiger partial charge in [-0.3, -0.25) is 0 Å². The predicted octanol–water partition coefficient (Wildman–Crippen LogP) is 1.24. The number of sulfonamides is 1. The second-order valence-electron chi connectivity index (χ2n) is 5.48. The fourth-order valence-electron chi connectivity index (χ4n) is 1.24. The van der Waals surface area contributed by atoms with Crippen LogP contribution in [0.15, 0.2) is 23.1 Å². The summed E-state index contributed by atoms with van der Waals surface area (Å²) in [5, 5.41) is 9.93. The second-order valence-corrected chi connectivity index (χ2v) is 7.13. The maximum Gasteiger partial charge on any atom is 0.244 e. The summed E-state index contributed by atoms with van der Waals surface area (Å²) in [6.45, 7) is 5.94. The van der Waals surface area contributed by atoms with Crippen LogP contribution in [0.3, 0.4) is 0 Å². The highest BCUT2D eigenvalue weighted by molar-refractivity contribution is 7.89. The Hall–Kier alpha value is -1.18. The lowest BCUT2D eigenvalue weighted by Gasteiger charge is -2.37. The van der Waals surface area contributed by atoms with Crippen LogP contribution in [0.1, 0.15) is 27.7 Å². The van der Waals surface area contributed by atoms with Gasteiger partial charge in [0.15, 0.2) is 0 Å². The number of hydrogen-bond donors (Lipinski definition) is 3. The molecule has 0 aliphatic heterocycles. The van der Waals surface area contributed by atoms with Crippen molar-refractivity contribution in [3.8, 4) is 0 Å². The number of halogens is 1. The molecule has 5 nitrogen and oxygen atoms in total. The molecule has 0 saturated carbocycles. The van der Waals surface area contributed by atoms with Crippen molar-refractivity contribution < 1.29 is 17.9 Å². The summed E-state index contributed by atoms with van der Waals surface area (Å²) in [6, 6.07) is 3.30. The molecule has 1 aromatic rings. The van der Waals surface area contributed by atoms with E-state index in [1.807, 2.05) is 0 Å². The van der Waals surface area contributed by atoms with Gasteiger partial charge in [0, 0.05) is 5.69 Å². The number of benzene rings is 1. The van der Waals surface area contributed by atoms with E-state index >= 15 is 0 Å². The van der Waals surface area contributed by atoms with Crippen molar-refractivity contribution in [2.75, 3.05) is 5.73 Å². The van der Waals surface area contributed by atoms with Crippen LogP contribution in [0.2, 0.25) is 0 Å². The zero-order valence-electron chi connectivity index (χ0n) is 11.4. The molecule has 0 aliphatic carbocycles. The Bertz CT molecular complexity index is 577.